The summed E-state index contributed by atoms with van der Waals surface area (Å²) in [5.74, 6) is 0.484. The number of fused-ring (bicyclic) bond motifs is 1. The Balaban J connectivity index is 1.66. The Kier molecular flexibility index (Phi) is 6.91. The fourth-order valence-electron chi connectivity index (χ4n) is 2.85. The molecule has 2 heterocycles. The highest BCUT2D eigenvalue weighted by molar-refractivity contribution is 7.21. The number of H-pyrrole nitrogens is 1. The molecule has 2 N–H and O–H groups in total. The third-order valence-corrected chi connectivity index (χ3v) is 5.27. The maximum atomic E-state index is 12.5. The minimum atomic E-state index is -0.157. The summed E-state index contributed by atoms with van der Waals surface area (Å²) in [7, 11) is 3.46. The first-order valence-corrected chi connectivity index (χ1v) is 9.91. The first-order chi connectivity index (χ1) is 13.6. The Morgan fingerprint density at radius 1 is 1.32 bits per heavy atom. The number of rotatable bonds is 9. The van der Waals surface area contributed by atoms with Crippen molar-refractivity contribution in [2.75, 3.05) is 33.9 Å². The quantitative estimate of drug-likeness (QED) is 0.538. The Morgan fingerprint density at radius 3 is 2.86 bits per heavy atom. The number of hydrogen-bond acceptors (Lipinski definition) is 6. The average molecular weight is 401 g/mol. The summed E-state index contributed by atoms with van der Waals surface area (Å²) in [5.41, 5.74) is 0.907. The van der Waals surface area contributed by atoms with Crippen molar-refractivity contribution in [3.05, 3.63) is 52.6 Å². The van der Waals surface area contributed by atoms with Crippen molar-refractivity contribution in [2.24, 2.45) is 0 Å². The van der Waals surface area contributed by atoms with Gasteiger partial charge < -0.3 is 15.0 Å². The molecule has 0 aliphatic heterocycles. The number of amides is 1. The van der Waals surface area contributed by atoms with Crippen LogP contribution in [0.3, 0.4) is 0 Å². The molecule has 0 spiro atoms. The van der Waals surface area contributed by atoms with Crippen LogP contribution >= 0.6 is 11.3 Å². The van der Waals surface area contributed by atoms with Crippen LogP contribution in [-0.2, 0) is 16.1 Å². The minimum absolute atomic E-state index is 0.0653. The molecule has 2 aromatic heterocycles. The predicted molar refractivity (Wildman–Crippen MR) is 112 cm³/mol. The van der Waals surface area contributed by atoms with Gasteiger partial charge in [-0.25, -0.2) is 4.98 Å². The highest BCUT2D eigenvalue weighted by Crippen LogP contribution is 2.30. The second-order valence-corrected chi connectivity index (χ2v) is 7.61. The van der Waals surface area contributed by atoms with Gasteiger partial charge in [0.1, 0.15) is 10.7 Å². The van der Waals surface area contributed by atoms with Crippen molar-refractivity contribution >= 4 is 27.5 Å². The summed E-state index contributed by atoms with van der Waals surface area (Å²) >= 11 is 1.49. The number of methoxy groups -OCH3 is 1. The van der Waals surface area contributed by atoms with Gasteiger partial charge in [0.2, 0.25) is 5.91 Å². The molecule has 3 rings (SSSR count). The molecule has 1 amide bonds. The van der Waals surface area contributed by atoms with E-state index in [0.29, 0.717) is 35.7 Å². The van der Waals surface area contributed by atoms with Crippen LogP contribution in [0, 0.1) is 0 Å². The van der Waals surface area contributed by atoms with E-state index in [1.807, 2.05) is 48.3 Å². The van der Waals surface area contributed by atoms with Crippen LogP contribution in [-0.4, -0.2) is 54.6 Å². The third-order valence-electron chi connectivity index (χ3n) is 4.19. The second kappa shape index (κ2) is 9.59. The lowest BCUT2D eigenvalue weighted by Crippen LogP contribution is -2.36. The molecule has 0 saturated heterocycles. The molecule has 8 heteroatoms. The Morgan fingerprint density at radius 2 is 2.11 bits per heavy atom. The van der Waals surface area contributed by atoms with Crippen LogP contribution in [0.4, 0.5) is 0 Å². The molecule has 28 heavy (non-hydrogen) atoms. The number of carbonyl (C=O) groups is 1. The van der Waals surface area contributed by atoms with E-state index in [1.54, 1.807) is 7.11 Å². The van der Waals surface area contributed by atoms with Gasteiger partial charge in [0.05, 0.1) is 18.5 Å². The molecule has 0 bridgehead atoms. The van der Waals surface area contributed by atoms with E-state index in [-0.39, 0.29) is 18.0 Å². The van der Waals surface area contributed by atoms with E-state index in [0.717, 1.165) is 16.9 Å². The molecule has 1 aromatic carbocycles. The lowest BCUT2D eigenvalue weighted by Gasteiger charge is -2.15. The first-order valence-electron chi connectivity index (χ1n) is 9.09. The number of aromatic amines is 1. The van der Waals surface area contributed by atoms with Crippen molar-refractivity contribution in [3.8, 4) is 10.4 Å². The Labute approximate surface area is 167 Å². The number of likely N-dealkylation sites (N-methyl/N-ethyl adjacent to an activating group) is 1. The van der Waals surface area contributed by atoms with Gasteiger partial charge in [0.15, 0.2) is 0 Å². The fourth-order valence-corrected chi connectivity index (χ4v) is 3.91. The lowest BCUT2D eigenvalue weighted by atomic mass is 10.2. The number of nitrogens with one attached hydrogen (secondary N) is 2. The molecule has 7 nitrogen and oxygen atoms in total. The Hall–Kier alpha value is -2.55. The number of nitrogens with zero attached hydrogens (tertiary/aromatic N) is 2. The van der Waals surface area contributed by atoms with Gasteiger partial charge in [-0.2, -0.15) is 0 Å². The molecule has 0 saturated carbocycles. The van der Waals surface area contributed by atoms with Gasteiger partial charge in [0, 0.05) is 25.1 Å². The Bertz CT molecular complexity index is 984. The number of hydrogen-bond donors (Lipinski definition) is 2. The van der Waals surface area contributed by atoms with Crippen molar-refractivity contribution in [1.29, 1.82) is 0 Å². The van der Waals surface area contributed by atoms with Crippen molar-refractivity contribution in [3.63, 3.8) is 0 Å². The zero-order chi connectivity index (χ0) is 19.9. The molecule has 0 fully saturated rings. The molecule has 0 radical (unpaired) electrons. The normalized spacial score (nSPS) is 11.2. The summed E-state index contributed by atoms with van der Waals surface area (Å²) in [5, 5.41) is 3.43. The topological polar surface area (TPSA) is 87.3 Å². The zero-order valence-corrected chi connectivity index (χ0v) is 16.8. The minimum Gasteiger partial charge on any atom is -0.385 e. The monoisotopic (exact) mass is 400 g/mol. The highest BCUT2D eigenvalue weighted by Gasteiger charge is 2.12. The molecule has 0 aliphatic rings. The summed E-state index contributed by atoms with van der Waals surface area (Å²) in [6.07, 6.45) is 0.777. The van der Waals surface area contributed by atoms with Crippen LogP contribution in [0.2, 0.25) is 0 Å². The average Bonchev–Trinajstić information content (AvgIpc) is 3.10. The fraction of sp³-hybridized carbons (Fsp3) is 0.350. The number of benzene rings is 1. The van der Waals surface area contributed by atoms with Crippen molar-refractivity contribution in [2.45, 2.75) is 13.0 Å². The predicted octanol–water partition coefficient (Wildman–Crippen LogP) is 2.24. The standard InChI is InChI=1S/C20H24N4O3S/c1-24(13-18(25)21-9-6-10-27-2)12-17-22-19(26)15-11-16(28-20(15)23-17)14-7-4-3-5-8-14/h3-5,7-8,11H,6,9-10,12-13H2,1-2H3,(H,21,25)(H,22,23,26). The summed E-state index contributed by atoms with van der Waals surface area (Å²) in [6.45, 7) is 1.82. The van der Waals surface area contributed by atoms with Gasteiger partial charge in [-0.05, 0) is 25.1 Å². The van der Waals surface area contributed by atoms with E-state index in [2.05, 4.69) is 15.3 Å². The summed E-state index contributed by atoms with van der Waals surface area (Å²) < 4.78 is 4.96. The molecule has 0 atom stereocenters. The second-order valence-electron chi connectivity index (χ2n) is 6.58. The van der Waals surface area contributed by atoms with Crippen molar-refractivity contribution in [1.82, 2.24) is 20.2 Å². The molecule has 3 aromatic rings. The molecule has 0 unspecified atom stereocenters. The van der Waals surface area contributed by atoms with Crippen LogP contribution in [0.15, 0.2) is 41.2 Å². The lowest BCUT2D eigenvalue weighted by molar-refractivity contribution is -0.122. The number of aromatic nitrogens is 2. The smallest absolute Gasteiger partial charge is 0.259 e. The van der Waals surface area contributed by atoms with Gasteiger partial charge in [-0.15, -0.1) is 11.3 Å². The SMILES string of the molecule is COCCCNC(=O)CN(C)Cc1nc2sc(-c3ccccc3)cc2c(=O)[nH]1. The van der Waals surface area contributed by atoms with E-state index in [9.17, 15) is 9.59 Å². The summed E-state index contributed by atoms with van der Waals surface area (Å²) in [6, 6.07) is 11.8. The number of ether oxygens (including phenoxy) is 1. The van der Waals surface area contributed by atoms with Crippen LogP contribution in [0.1, 0.15) is 12.2 Å². The van der Waals surface area contributed by atoms with E-state index < -0.39 is 0 Å². The van der Waals surface area contributed by atoms with Crippen molar-refractivity contribution < 1.29 is 9.53 Å². The van der Waals surface area contributed by atoms with Gasteiger partial charge in [0.25, 0.3) is 5.56 Å². The first kappa shape index (κ1) is 20.2. The van der Waals surface area contributed by atoms with E-state index >= 15 is 0 Å². The third kappa shape index (κ3) is 5.25. The van der Waals surface area contributed by atoms with Gasteiger partial charge in [-0.3, -0.25) is 14.5 Å². The zero-order valence-electron chi connectivity index (χ0n) is 16.0. The summed E-state index contributed by atoms with van der Waals surface area (Å²) in [4.78, 5) is 35.4. The maximum absolute atomic E-state index is 12.5. The van der Waals surface area contributed by atoms with Gasteiger partial charge >= 0.3 is 0 Å². The molecule has 148 valence electrons. The maximum Gasteiger partial charge on any atom is 0.259 e. The molecular formula is C20H24N4O3S. The van der Waals surface area contributed by atoms with Crippen LogP contribution in [0.25, 0.3) is 20.7 Å². The molecule has 0 aliphatic carbocycles. The van der Waals surface area contributed by atoms with Crippen LogP contribution < -0.4 is 10.9 Å². The largest absolute Gasteiger partial charge is 0.385 e. The van der Waals surface area contributed by atoms with Crippen LogP contribution in [0.5, 0.6) is 0 Å². The molecular weight excluding hydrogens is 376 g/mol. The number of carbonyl (C=O) groups excluding carboxylic acids is 1. The van der Waals surface area contributed by atoms with E-state index in [1.165, 1.54) is 11.3 Å². The highest BCUT2D eigenvalue weighted by atomic mass is 32.1. The van der Waals surface area contributed by atoms with E-state index in [4.69, 9.17) is 4.74 Å². The number of thiophene rings is 1. The van der Waals surface area contributed by atoms with Gasteiger partial charge in [-0.1, -0.05) is 30.3 Å².